The number of aryl methyl sites for hydroxylation is 1. The summed E-state index contributed by atoms with van der Waals surface area (Å²) < 4.78 is 0. The number of carbonyl (C=O) groups is 2. The van der Waals surface area contributed by atoms with Crippen molar-refractivity contribution in [1.29, 1.82) is 0 Å². The summed E-state index contributed by atoms with van der Waals surface area (Å²) in [5.74, 6) is 0.152. The maximum absolute atomic E-state index is 12.4. The molecule has 5 heteroatoms. The van der Waals surface area contributed by atoms with Crippen molar-refractivity contribution in [2.24, 2.45) is 0 Å². The van der Waals surface area contributed by atoms with Crippen molar-refractivity contribution in [3.8, 4) is 0 Å². The van der Waals surface area contributed by atoms with Crippen molar-refractivity contribution in [2.75, 3.05) is 13.1 Å². The molecular weight excluding hydrogens is 320 g/mol. The molecule has 0 unspecified atom stereocenters. The van der Waals surface area contributed by atoms with Crippen molar-refractivity contribution in [2.45, 2.75) is 32.2 Å². The number of nitrogens with zero attached hydrogens (tertiary/aromatic N) is 1. The molecule has 0 radical (unpaired) electrons. The number of carbonyl (C=O) groups excluding carboxylic acids is 2. The van der Waals surface area contributed by atoms with E-state index in [1.807, 2.05) is 54.3 Å². The van der Waals surface area contributed by atoms with Crippen molar-refractivity contribution >= 4 is 23.2 Å². The van der Waals surface area contributed by atoms with Gasteiger partial charge in [0, 0.05) is 34.4 Å². The molecule has 2 aromatic rings. The summed E-state index contributed by atoms with van der Waals surface area (Å²) in [6.45, 7) is 3.43. The van der Waals surface area contributed by atoms with Crippen LogP contribution in [-0.4, -0.2) is 35.8 Å². The fourth-order valence-electron chi connectivity index (χ4n) is 3.01. The largest absolute Gasteiger partial charge is 0.353 e. The fourth-order valence-corrected chi connectivity index (χ4v) is 3.90. The van der Waals surface area contributed by atoms with Gasteiger partial charge in [-0.05, 0) is 44.0 Å². The predicted octanol–water partition coefficient (Wildman–Crippen LogP) is 3.02. The van der Waals surface area contributed by atoms with Crippen LogP contribution >= 0.6 is 11.3 Å². The Morgan fingerprint density at radius 1 is 1.12 bits per heavy atom. The van der Waals surface area contributed by atoms with Gasteiger partial charge in [0.25, 0.3) is 5.91 Å². The third-order valence-electron chi connectivity index (χ3n) is 4.30. The quantitative estimate of drug-likeness (QED) is 0.928. The van der Waals surface area contributed by atoms with Crippen LogP contribution in [0.3, 0.4) is 0 Å². The number of piperidine rings is 1. The highest BCUT2D eigenvalue weighted by molar-refractivity contribution is 7.12. The van der Waals surface area contributed by atoms with Crippen LogP contribution in [0.25, 0.3) is 0 Å². The topological polar surface area (TPSA) is 49.4 Å². The number of amides is 2. The third kappa shape index (κ3) is 4.23. The molecule has 0 bridgehead atoms. The third-order valence-corrected chi connectivity index (χ3v) is 5.30. The number of nitrogens with one attached hydrogen (secondary N) is 1. The molecule has 1 aromatic carbocycles. The number of rotatable bonds is 4. The molecule has 24 heavy (non-hydrogen) atoms. The first-order chi connectivity index (χ1) is 11.6. The summed E-state index contributed by atoms with van der Waals surface area (Å²) in [7, 11) is 0. The van der Waals surface area contributed by atoms with E-state index in [4.69, 9.17) is 0 Å². The van der Waals surface area contributed by atoms with Gasteiger partial charge in [0.1, 0.15) is 0 Å². The summed E-state index contributed by atoms with van der Waals surface area (Å²) >= 11 is 1.67. The average molecular weight is 342 g/mol. The molecule has 1 N–H and O–H groups in total. The van der Waals surface area contributed by atoms with Crippen LogP contribution < -0.4 is 5.32 Å². The maximum atomic E-state index is 12.4. The van der Waals surface area contributed by atoms with Gasteiger partial charge < -0.3 is 10.2 Å². The fraction of sp³-hybridized carbons (Fsp3) is 0.368. The second-order valence-corrected chi connectivity index (χ2v) is 7.56. The van der Waals surface area contributed by atoms with Crippen LogP contribution in [0.4, 0.5) is 0 Å². The Morgan fingerprint density at radius 3 is 2.46 bits per heavy atom. The SMILES string of the molecule is Cc1ccc(CC(=O)NC2CCN(C(=O)c3ccccc3)CC2)s1. The number of benzene rings is 1. The number of likely N-dealkylation sites (tertiary alicyclic amines) is 1. The Kier molecular flexibility index (Phi) is 5.30. The van der Waals surface area contributed by atoms with Crippen LogP contribution in [-0.2, 0) is 11.2 Å². The van der Waals surface area contributed by atoms with Gasteiger partial charge in [-0.15, -0.1) is 11.3 Å². The van der Waals surface area contributed by atoms with E-state index < -0.39 is 0 Å². The molecule has 126 valence electrons. The summed E-state index contributed by atoms with van der Waals surface area (Å²) in [5.41, 5.74) is 0.730. The van der Waals surface area contributed by atoms with Gasteiger partial charge in [-0.3, -0.25) is 9.59 Å². The van der Waals surface area contributed by atoms with Gasteiger partial charge in [-0.25, -0.2) is 0 Å². The molecule has 2 heterocycles. The van der Waals surface area contributed by atoms with E-state index >= 15 is 0 Å². The van der Waals surface area contributed by atoms with E-state index in [1.54, 1.807) is 11.3 Å². The van der Waals surface area contributed by atoms with Gasteiger partial charge >= 0.3 is 0 Å². The molecule has 1 aliphatic rings. The second-order valence-electron chi connectivity index (χ2n) is 6.19. The zero-order valence-corrected chi connectivity index (χ0v) is 14.6. The van der Waals surface area contributed by atoms with Crippen LogP contribution in [0.15, 0.2) is 42.5 Å². The molecule has 0 saturated carbocycles. The first-order valence-electron chi connectivity index (χ1n) is 8.31. The summed E-state index contributed by atoms with van der Waals surface area (Å²) in [6, 6.07) is 13.6. The first-order valence-corrected chi connectivity index (χ1v) is 9.12. The van der Waals surface area contributed by atoms with Crippen molar-refractivity contribution in [1.82, 2.24) is 10.2 Å². The summed E-state index contributed by atoms with van der Waals surface area (Å²) in [4.78, 5) is 28.8. The summed E-state index contributed by atoms with van der Waals surface area (Å²) in [6.07, 6.45) is 2.07. The minimum Gasteiger partial charge on any atom is -0.353 e. The van der Waals surface area contributed by atoms with Gasteiger partial charge in [-0.1, -0.05) is 18.2 Å². The first kappa shape index (κ1) is 16.7. The molecule has 0 aliphatic carbocycles. The zero-order chi connectivity index (χ0) is 16.9. The molecule has 1 saturated heterocycles. The molecule has 2 amide bonds. The Morgan fingerprint density at radius 2 is 1.83 bits per heavy atom. The summed E-state index contributed by atoms with van der Waals surface area (Å²) in [5, 5.41) is 3.11. The average Bonchev–Trinajstić information content (AvgIpc) is 3.00. The van der Waals surface area contributed by atoms with E-state index in [1.165, 1.54) is 4.88 Å². The lowest BCUT2D eigenvalue weighted by Crippen LogP contribution is -2.46. The minimum atomic E-state index is 0.0738. The zero-order valence-electron chi connectivity index (χ0n) is 13.8. The van der Waals surface area contributed by atoms with Gasteiger partial charge in [0.2, 0.25) is 5.91 Å². The highest BCUT2D eigenvalue weighted by atomic mass is 32.1. The molecule has 1 aromatic heterocycles. The number of hydrogen-bond donors (Lipinski definition) is 1. The lowest BCUT2D eigenvalue weighted by Gasteiger charge is -2.32. The Balaban J connectivity index is 1.46. The lowest BCUT2D eigenvalue weighted by atomic mass is 10.0. The Hall–Kier alpha value is -2.14. The monoisotopic (exact) mass is 342 g/mol. The standard InChI is InChI=1S/C19H22N2O2S/c1-14-7-8-17(24-14)13-18(22)20-16-9-11-21(12-10-16)19(23)15-5-3-2-4-6-15/h2-8,16H,9-13H2,1H3,(H,20,22). The van der Waals surface area contributed by atoms with Crippen LogP contribution in [0, 0.1) is 6.92 Å². The van der Waals surface area contributed by atoms with Crippen LogP contribution in [0.1, 0.15) is 33.0 Å². The Bertz CT molecular complexity index is 703. The molecule has 4 nitrogen and oxygen atoms in total. The molecule has 3 rings (SSSR count). The number of hydrogen-bond acceptors (Lipinski definition) is 3. The molecule has 1 aliphatic heterocycles. The number of thiophene rings is 1. The van der Waals surface area contributed by atoms with Crippen LogP contribution in [0.2, 0.25) is 0 Å². The molecule has 0 atom stereocenters. The molecular formula is C19H22N2O2S. The highest BCUT2D eigenvalue weighted by Gasteiger charge is 2.24. The minimum absolute atomic E-state index is 0.0738. The van der Waals surface area contributed by atoms with Gasteiger partial charge in [-0.2, -0.15) is 0 Å². The highest BCUT2D eigenvalue weighted by Crippen LogP contribution is 2.17. The van der Waals surface area contributed by atoms with E-state index in [0.717, 1.165) is 23.3 Å². The van der Waals surface area contributed by atoms with Crippen molar-refractivity contribution < 1.29 is 9.59 Å². The van der Waals surface area contributed by atoms with Crippen molar-refractivity contribution in [3.05, 3.63) is 57.8 Å². The van der Waals surface area contributed by atoms with Gasteiger partial charge in [0.15, 0.2) is 0 Å². The van der Waals surface area contributed by atoms with Crippen LogP contribution in [0.5, 0.6) is 0 Å². The van der Waals surface area contributed by atoms with E-state index in [0.29, 0.717) is 19.5 Å². The van der Waals surface area contributed by atoms with Gasteiger partial charge in [0.05, 0.1) is 6.42 Å². The van der Waals surface area contributed by atoms with Crippen molar-refractivity contribution in [3.63, 3.8) is 0 Å². The predicted molar refractivity (Wildman–Crippen MR) is 96.3 cm³/mol. The smallest absolute Gasteiger partial charge is 0.253 e. The van der Waals surface area contributed by atoms with E-state index in [9.17, 15) is 9.59 Å². The van der Waals surface area contributed by atoms with E-state index in [-0.39, 0.29) is 17.9 Å². The lowest BCUT2D eigenvalue weighted by molar-refractivity contribution is -0.121. The maximum Gasteiger partial charge on any atom is 0.253 e. The molecule has 0 spiro atoms. The molecule has 1 fully saturated rings. The second kappa shape index (κ2) is 7.62. The normalized spacial score (nSPS) is 15.3. The Labute approximate surface area is 146 Å². The van der Waals surface area contributed by atoms with E-state index in [2.05, 4.69) is 5.32 Å².